The van der Waals surface area contributed by atoms with Gasteiger partial charge in [-0.2, -0.15) is 0 Å². The Labute approximate surface area is 177 Å². The minimum Gasteiger partial charge on any atom is -0.323 e. The molecular weight excluding hydrogens is 398 g/mol. The molecule has 0 radical (unpaired) electrons. The van der Waals surface area contributed by atoms with Crippen LogP contribution in [-0.4, -0.2) is 14.5 Å². The second-order valence-electron chi connectivity index (χ2n) is 7.54. The zero-order valence-corrected chi connectivity index (χ0v) is 17.6. The molecule has 146 valence electrons. The van der Waals surface area contributed by atoms with Gasteiger partial charge in [-0.15, -0.1) is 11.3 Å². The fourth-order valence-electron chi connectivity index (χ4n) is 4.15. The predicted molar refractivity (Wildman–Crippen MR) is 121 cm³/mol. The van der Waals surface area contributed by atoms with Crippen LogP contribution in [0.15, 0.2) is 53.6 Å². The SMILES string of the molecule is O=c1c2c3c(sc2[nH]c(=S)n1-c1ccc(Cc2ccncc2)cc1)CCCCC3. The number of aromatic amines is 1. The second-order valence-corrected chi connectivity index (χ2v) is 9.03. The molecule has 5 rings (SSSR count). The highest BCUT2D eigenvalue weighted by atomic mass is 32.1. The first-order valence-electron chi connectivity index (χ1n) is 9.98. The Balaban J connectivity index is 1.57. The van der Waals surface area contributed by atoms with Crippen molar-refractivity contribution >= 4 is 33.8 Å². The average Bonchev–Trinajstić information content (AvgIpc) is 2.91. The highest BCUT2D eigenvalue weighted by molar-refractivity contribution is 7.71. The van der Waals surface area contributed by atoms with E-state index in [1.165, 1.54) is 34.4 Å². The standard InChI is InChI=1S/C23H21N3OS2/c27-22-20-18-4-2-1-3-5-19(18)29-21(20)25-23(28)26(22)17-8-6-15(7-9-17)14-16-10-12-24-13-11-16/h6-13H,1-5,14H2,(H,25,28). The molecule has 1 N–H and O–H groups in total. The molecule has 1 aliphatic carbocycles. The van der Waals surface area contributed by atoms with Gasteiger partial charge in [-0.25, -0.2) is 0 Å². The molecule has 0 spiro atoms. The van der Waals surface area contributed by atoms with E-state index < -0.39 is 0 Å². The highest BCUT2D eigenvalue weighted by Gasteiger charge is 2.19. The summed E-state index contributed by atoms with van der Waals surface area (Å²) in [7, 11) is 0. The minimum atomic E-state index is 0.00466. The van der Waals surface area contributed by atoms with E-state index in [4.69, 9.17) is 12.2 Å². The third kappa shape index (κ3) is 3.47. The lowest BCUT2D eigenvalue weighted by atomic mass is 10.1. The van der Waals surface area contributed by atoms with Crippen molar-refractivity contribution in [3.8, 4) is 5.69 Å². The van der Waals surface area contributed by atoms with Crippen molar-refractivity contribution in [3.63, 3.8) is 0 Å². The van der Waals surface area contributed by atoms with E-state index >= 15 is 0 Å². The number of rotatable bonds is 3. The fourth-order valence-corrected chi connectivity index (χ4v) is 5.78. The second kappa shape index (κ2) is 7.69. The summed E-state index contributed by atoms with van der Waals surface area (Å²) < 4.78 is 2.10. The molecule has 0 atom stereocenters. The Kier molecular flexibility index (Phi) is 4.89. The summed E-state index contributed by atoms with van der Waals surface area (Å²) >= 11 is 7.27. The van der Waals surface area contributed by atoms with Gasteiger partial charge in [0.1, 0.15) is 4.83 Å². The predicted octanol–water partition coefficient (Wildman–Crippen LogP) is 5.36. The quantitative estimate of drug-likeness (QED) is 0.359. The van der Waals surface area contributed by atoms with Gasteiger partial charge in [-0.05, 0) is 85.3 Å². The molecule has 3 heterocycles. The van der Waals surface area contributed by atoms with Gasteiger partial charge >= 0.3 is 0 Å². The van der Waals surface area contributed by atoms with Gasteiger partial charge in [0.15, 0.2) is 4.77 Å². The Morgan fingerprint density at radius 3 is 2.52 bits per heavy atom. The molecule has 0 fully saturated rings. The molecule has 0 saturated carbocycles. The van der Waals surface area contributed by atoms with Gasteiger partial charge in [-0.1, -0.05) is 18.6 Å². The van der Waals surface area contributed by atoms with Crippen molar-refractivity contribution < 1.29 is 0 Å². The third-order valence-corrected chi connectivity index (χ3v) is 7.11. The molecule has 1 aromatic carbocycles. The van der Waals surface area contributed by atoms with Gasteiger partial charge in [0.05, 0.1) is 11.1 Å². The van der Waals surface area contributed by atoms with Crippen LogP contribution < -0.4 is 5.56 Å². The van der Waals surface area contributed by atoms with Crippen LogP contribution in [0.1, 0.15) is 40.8 Å². The first kappa shape index (κ1) is 18.5. The molecule has 4 nitrogen and oxygen atoms in total. The van der Waals surface area contributed by atoms with Gasteiger partial charge in [0, 0.05) is 17.3 Å². The molecule has 6 heteroatoms. The number of aryl methyl sites for hydroxylation is 2. The molecule has 0 saturated heterocycles. The van der Waals surface area contributed by atoms with Gasteiger partial charge in [-0.3, -0.25) is 14.3 Å². The van der Waals surface area contributed by atoms with E-state index in [9.17, 15) is 4.79 Å². The minimum absolute atomic E-state index is 0.00466. The van der Waals surface area contributed by atoms with Crippen LogP contribution in [0.3, 0.4) is 0 Å². The average molecular weight is 420 g/mol. The lowest BCUT2D eigenvalue weighted by molar-refractivity contribution is 0.713. The third-order valence-electron chi connectivity index (χ3n) is 5.61. The van der Waals surface area contributed by atoms with E-state index in [-0.39, 0.29) is 5.56 Å². The van der Waals surface area contributed by atoms with Crippen LogP contribution in [0.4, 0.5) is 0 Å². The number of nitrogens with zero attached hydrogens (tertiary/aromatic N) is 2. The molecular formula is C23H21N3OS2. The summed E-state index contributed by atoms with van der Waals surface area (Å²) in [6, 6.07) is 12.1. The molecule has 4 aromatic rings. The van der Waals surface area contributed by atoms with Crippen LogP contribution in [0, 0.1) is 4.77 Å². The highest BCUT2D eigenvalue weighted by Crippen LogP contribution is 2.33. The van der Waals surface area contributed by atoms with Crippen LogP contribution in [0.25, 0.3) is 15.9 Å². The first-order chi connectivity index (χ1) is 14.2. The number of hydrogen-bond acceptors (Lipinski definition) is 4. The first-order valence-corrected chi connectivity index (χ1v) is 11.2. The number of hydrogen-bond donors (Lipinski definition) is 1. The summed E-state index contributed by atoms with van der Waals surface area (Å²) in [5.41, 5.74) is 4.45. The summed E-state index contributed by atoms with van der Waals surface area (Å²) in [5.74, 6) is 0. The zero-order valence-electron chi connectivity index (χ0n) is 16.0. The topological polar surface area (TPSA) is 50.7 Å². The number of H-pyrrole nitrogens is 1. The molecule has 3 aromatic heterocycles. The van der Waals surface area contributed by atoms with Gasteiger partial charge in [0.2, 0.25) is 0 Å². The Morgan fingerprint density at radius 2 is 1.72 bits per heavy atom. The number of nitrogens with one attached hydrogen (secondary N) is 1. The van der Waals surface area contributed by atoms with E-state index in [1.54, 1.807) is 15.9 Å². The number of fused-ring (bicyclic) bond motifs is 3. The van der Waals surface area contributed by atoms with E-state index in [1.807, 2.05) is 36.7 Å². The zero-order chi connectivity index (χ0) is 19.8. The van der Waals surface area contributed by atoms with E-state index in [0.29, 0.717) is 4.77 Å². The maximum absolute atomic E-state index is 13.4. The molecule has 0 amide bonds. The number of thiophene rings is 1. The van der Waals surface area contributed by atoms with Crippen molar-refractivity contribution in [1.29, 1.82) is 0 Å². The number of benzene rings is 1. The monoisotopic (exact) mass is 419 g/mol. The molecule has 0 unspecified atom stereocenters. The van der Waals surface area contributed by atoms with Crippen molar-refractivity contribution in [2.24, 2.45) is 0 Å². The smallest absolute Gasteiger partial charge is 0.267 e. The van der Waals surface area contributed by atoms with Crippen LogP contribution in [0.5, 0.6) is 0 Å². The lowest BCUT2D eigenvalue weighted by Gasteiger charge is -2.09. The normalized spacial score (nSPS) is 13.9. The Morgan fingerprint density at radius 1 is 1.00 bits per heavy atom. The van der Waals surface area contributed by atoms with Crippen molar-refractivity contribution in [2.45, 2.75) is 38.5 Å². The number of pyridine rings is 1. The van der Waals surface area contributed by atoms with Crippen molar-refractivity contribution in [1.82, 2.24) is 14.5 Å². The van der Waals surface area contributed by atoms with E-state index in [2.05, 4.69) is 22.1 Å². The van der Waals surface area contributed by atoms with Gasteiger partial charge in [0.25, 0.3) is 5.56 Å². The number of aromatic nitrogens is 3. The van der Waals surface area contributed by atoms with Crippen LogP contribution in [-0.2, 0) is 19.3 Å². The van der Waals surface area contributed by atoms with E-state index in [0.717, 1.165) is 41.6 Å². The Bertz CT molecular complexity index is 1280. The Hall–Kier alpha value is -2.57. The maximum Gasteiger partial charge on any atom is 0.267 e. The molecule has 29 heavy (non-hydrogen) atoms. The fraction of sp³-hybridized carbons (Fsp3) is 0.261. The summed E-state index contributed by atoms with van der Waals surface area (Å²) in [6.45, 7) is 0. The lowest BCUT2D eigenvalue weighted by Crippen LogP contribution is -2.20. The molecule has 1 aliphatic rings. The van der Waals surface area contributed by atoms with Crippen molar-refractivity contribution in [2.75, 3.05) is 0 Å². The summed E-state index contributed by atoms with van der Waals surface area (Å²) in [4.78, 5) is 23.1. The van der Waals surface area contributed by atoms with Gasteiger partial charge < -0.3 is 4.98 Å². The maximum atomic E-state index is 13.4. The van der Waals surface area contributed by atoms with Crippen LogP contribution in [0.2, 0.25) is 0 Å². The summed E-state index contributed by atoms with van der Waals surface area (Å²) in [5, 5.41) is 0.835. The largest absolute Gasteiger partial charge is 0.323 e. The molecule has 0 aliphatic heterocycles. The summed E-state index contributed by atoms with van der Waals surface area (Å²) in [6.07, 6.45) is 10.1. The van der Waals surface area contributed by atoms with Crippen molar-refractivity contribution in [3.05, 3.63) is 85.5 Å². The van der Waals surface area contributed by atoms with Crippen LogP contribution >= 0.6 is 23.6 Å². The molecule has 0 bridgehead atoms.